The Morgan fingerprint density at radius 3 is 2.21 bits per heavy atom. The second-order valence-electron chi connectivity index (χ2n) is 7.49. The molecule has 4 unspecified atom stereocenters. The minimum absolute atomic E-state index is 0.0571. The molecule has 2 fully saturated rings. The number of nitrogens with zero attached hydrogens (tertiary/aromatic N) is 2. The number of carboxylic acid groups (broad SMARTS) is 2. The average Bonchev–Trinajstić information content (AvgIpc) is 3.33. The molecule has 0 aliphatic carbocycles. The monoisotopic (exact) mass is 412 g/mol. The number of carbonyl (C=O) groups is 5. The van der Waals surface area contributed by atoms with Crippen LogP contribution >= 0.6 is 0 Å². The van der Waals surface area contributed by atoms with Gasteiger partial charge >= 0.3 is 11.9 Å². The van der Waals surface area contributed by atoms with E-state index < -0.39 is 47.9 Å². The van der Waals surface area contributed by atoms with E-state index in [1.165, 1.54) is 16.7 Å². The Morgan fingerprint density at radius 1 is 1.03 bits per heavy atom. The van der Waals surface area contributed by atoms with Crippen LogP contribution in [0.5, 0.6) is 0 Å². The molecule has 3 amide bonds. The largest absolute Gasteiger partial charge is 0.481 e. The highest BCUT2D eigenvalue weighted by molar-refractivity contribution is 5.94. The molecule has 4 atom stereocenters. The highest BCUT2D eigenvalue weighted by Crippen LogP contribution is 2.25. The van der Waals surface area contributed by atoms with E-state index in [-0.39, 0.29) is 18.7 Å². The summed E-state index contributed by atoms with van der Waals surface area (Å²) < 4.78 is 0. The lowest BCUT2D eigenvalue weighted by atomic mass is 10.1. The maximum Gasteiger partial charge on any atom is 0.326 e. The van der Waals surface area contributed by atoms with Gasteiger partial charge in [-0.05, 0) is 39.0 Å². The van der Waals surface area contributed by atoms with Gasteiger partial charge in [0.15, 0.2) is 0 Å². The third-order valence-electron chi connectivity index (χ3n) is 5.38. The first-order valence-corrected chi connectivity index (χ1v) is 9.75. The summed E-state index contributed by atoms with van der Waals surface area (Å²) in [5.41, 5.74) is 5.65. The molecule has 5 N–H and O–H groups in total. The van der Waals surface area contributed by atoms with Gasteiger partial charge in [-0.1, -0.05) is 0 Å². The number of likely N-dealkylation sites (tertiary alicyclic amines) is 2. The van der Waals surface area contributed by atoms with Crippen LogP contribution in [-0.4, -0.2) is 86.9 Å². The highest BCUT2D eigenvalue weighted by Gasteiger charge is 2.43. The van der Waals surface area contributed by atoms with E-state index in [0.717, 1.165) is 0 Å². The summed E-state index contributed by atoms with van der Waals surface area (Å²) in [5, 5.41) is 20.4. The molecule has 11 heteroatoms. The van der Waals surface area contributed by atoms with Crippen molar-refractivity contribution >= 4 is 29.7 Å². The lowest BCUT2D eigenvalue weighted by molar-refractivity contribution is -0.152. The molecule has 0 spiro atoms. The van der Waals surface area contributed by atoms with Crippen LogP contribution in [0.1, 0.15) is 45.4 Å². The lowest BCUT2D eigenvalue weighted by Crippen LogP contribution is -2.56. The quantitative estimate of drug-likeness (QED) is 0.383. The zero-order valence-electron chi connectivity index (χ0n) is 16.4. The third-order valence-corrected chi connectivity index (χ3v) is 5.38. The lowest BCUT2D eigenvalue weighted by Gasteiger charge is -2.31. The molecule has 2 heterocycles. The van der Waals surface area contributed by atoms with Crippen molar-refractivity contribution in [2.75, 3.05) is 13.1 Å². The van der Waals surface area contributed by atoms with Gasteiger partial charge in [0, 0.05) is 19.5 Å². The van der Waals surface area contributed by atoms with Gasteiger partial charge in [0.1, 0.15) is 18.1 Å². The summed E-state index contributed by atoms with van der Waals surface area (Å²) in [5.74, 6) is -3.59. The molecule has 2 saturated heterocycles. The Bertz CT molecular complexity index is 683. The van der Waals surface area contributed by atoms with E-state index in [9.17, 15) is 29.1 Å². The Labute approximate surface area is 168 Å². The van der Waals surface area contributed by atoms with E-state index in [0.29, 0.717) is 38.8 Å². The van der Waals surface area contributed by atoms with Crippen LogP contribution in [0.4, 0.5) is 0 Å². The van der Waals surface area contributed by atoms with Gasteiger partial charge in [-0.2, -0.15) is 0 Å². The fraction of sp³-hybridized carbons (Fsp3) is 0.722. The molecule has 0 radical (unpaired) electrons. The van der Waals surface area contributed by atoms with E-state index in [1.54, 1.807) is 0 Å². The van der Waals surface area contributed by atoms with Gasteiger partial charge in [0.25, 0.3) is 0 Å². The summed E-state index contributed by atoms with van der Waals surface area (Å²) in [7, 11) is 0. The van der Waals surface area contributed by atoms with Crippen molar-refractivity contribution in [2.24, 2.45) is 5.73 Å². The van der Waals surface area contributed by atoms with Crippen molar-refractivity contribution in [2.45, 2.75) is 69.6 Å². The molecule has 0 aromatic carbocycles. The van der Waals surface area contributed by atoms with Crippen molar-refractivity contribution in [3.8, 4) is 0 Å². The average molecular weight is 412 g/mol. The van der Waals surface area contributed by atoms with Gasteiger partial charge in [-0.25, -0.2) is 4.79 Å². The van der Waals surface area contributed by atoms with Crippen LogP contribution in [0.2, 0.25) is 0 Å². The number of nitrogens with two attached hydrogens (primary N) is 1. The molecule has 11 nitrogen and oxygen atoms in total. The van der Waals surface area contributed by atoms with Crippen molar-refractivity contribution in [3.05, 3.63) is 0 Å². The second-order valence-corrected chi connectivity index (χ2v) is 7.49. The number of hydrogen-bond donors (Lipinski definition) is 4. The zero-order valence-corrected chi connectivity index (χ0v) is 16.4. The molecule has 0 aromatic rings. The van der Waals surface area contributed by atoms with E-state index >= 15 is 0 Å². The van der Waals surface area contributed by atoms with Gasteiger partial charge in [-0.15, -0.1) is 0 Å². The van der Waals surface area contributed by atoms with Crippen LogP contribution < -0.4 is 11.1 Å². The normalized spacial score (nSPS) is 23.5. The Balaban J connectivity index is 1.98. The van der Waals surface area contributed by atoms with Gasteiger partial charge in [0.05, 0.1) is 6.04 Å². The van der Waals surface area contributed by atoms with Crippen LogP contribution in [-0.2, 0) is 24.0 Å². The SMILES string of the molecule is CC(NC(=O)C(N)CCC(=O)O)C(=O)N1CCCC1C(=O)N1CCCC1C(=O)O. The van der Waals surface area contributed by atoms with Crippen molar-refractivity contribution < 1.29 is 34.2 Å². The minimum atomic E-state index is -1.07. The van der Waals surface area contributed by atoms with Gasteiger partial charge in [-0.3, -0.25) is 19.2 Å². The molecular weight excluding hydrogens is 384 g/mol. The fourth-order valence-electron chi connectivity index (χ4n) is 3.81. The van der Waals surface area contributed by atoms with Gasteiger partial charge in [0.2, 0.25) is 17.7 Å². The molecule has 0 bridgehead atoms. The summed E-state index contributed by atoms with van der Waals surface area (Å²) in [6.45, 7) is 2.16. The van der Waals surface area contributed by atoms with E-state index in [1.807, 2.05) is 0 Å². The Hall–Kier alpha value is -2.69. The van der Waals surface area contributed by atoms with E-state index in [4.69, 9.17) is 10.8 Å². The highest BCUT2D eigenvalue weighted by atomic mass is 16.4. The molecule has 0 saturated carbocycles. The van der Waals surface area contributed by atoms with Crippen molar-refractivity contribution in [3.63, 3.8) is 0 Å². The predicted molar refractivity (Wildman–Crippen MR) is 99.6 cm³/mol. The fourth-order valence-corrected chi connectivity index (χ4v) is 3.81. The van der Waals surface area contributed by atoms with Crippen LogP contribution in [0.3, 0.4) is 0 Å². The molecule has 29 heavy (non-hydrogen) atoms. The second kappa shape index (κ2) is 9.68. The Kier molecular flexibility index (Phi) is 7.54. The first-order chi connectivity index (χ1) is 13.6. The zero-order chi connectivity index (χ0) is 21.7. The standard InChI is InChI=1S/C18H28N4O7/c1-10(20-15(25)11(19)6-7-14(23)24)16(26)21-8-2-4-12(21)17(27)22-9-3-5-13(22)18(28)29/h10-13H,2-9,19H2,1H3,(H,20,25)(H,23,24)(H,28,29). The molecule has 2 aliphatic heterocycles. The molecule has 0 aromatic heterocycles. The minimum Gasteiger partial charge on any atom is -0.481 e. The van der Waals surface area contributed by atoms with Crippen LogP contribution in [0.15, 0.2) is 0 Å². The number of amides is 3. The first kappa shape index (κ1) is 22.6. The smallest absolute Gasteiger partial charge is 0.326 e. The number of carbonyl (C=O) groups excluding carboxylic acids is 3. The number of hydrogen-bond acceptors (Lipinski definition) is 6. The summed E-state index contributed by atoms with van der Waals surface area (Å²) in [6.07, 6.45) is 1.71. The predicted octanol–water partition coefficient (Wildman–Crippen LogP) is -1.25. The molecule has 2 rings (SSSR count). The van der Waals surface area contributed by atoms with Crippen LogP contribution in [0, 0.1) is 0 Å². The summed E-state index contributed by atoms with van der Waals surface area (Å²) in [4.78, 5) is 62.4. The van der Waals surface area contributed by atoms with Crippen LogP contribution in [0.25, 0.3) is 0 Å². The maximum atomic E-state index is 12.9. The van der Waals surface area contributed by atoms with Gasteiger partial charge < -0.3 is 31.1 Å². The third kappa shape index (κ3) is 5.43. The number of nitrogens with one attached hydrogen (secondary N) is 1. The number of rotatable bonds is 8. The topological polar surface area (TPSA) is 170 Å². The van der Waals surface area contributed by atoms with Crippen molar-refractivity contribution in [1.82, 2.24) is 15.1 Å². The van der Waals surface area contributed by atoms with E-state index in [2.05, 4.69) is 5.32 Å². The maximum absolute atomic E-state index is 12.9. The number of aliphatic carboxylic acids is 2. The number of carboxylic acids is 2. The summed E-state index contributed by atoms with van der Waals surface area (Å²) in [6, 6.07) is -3.62. The first-order valence-electron chi connectivity index (χ1n) is 9.75. The Morgan fingerprint density at radius 2 is 1.62 bits per heavy atom. The molecular formula is C18H28N4O7. The van der Waals surface area contributed by atoms with Crippen molar-refractivity contribution in [1.29, 1.82) is 0 Å². The molecule has 2 aliphatic rings. The molecule has 162 valence electrons. The summed E-state index contributed by atoms with van der Waals surface area (Å²) >= 11 is 0.